The molecule has 0 aliphatic carbocycles. The van der Waals surface area contributed by atoms with Crippen LogP contribution in [0.4, 0.5) is 0 Å². The number of aryl methyl sites for hydroxylation is 1. The quantitative estimate of drug-likeness (QED) is 0.520. The Kier molecular flexibility index (Phi) is 7.17. The number of methoxy groups -OCH3 is 1. The smallest absolute Gasteiger partial charge is 0.336 e. The number of phenolic OH excluding ortho intramolecular Hbond substituents is 1. The maximum absolute atomic E-state index is 12.0. The van der Waals surface area contributed by atoms with E-state index < -0.39 is 5.63 Å². The predicted octanol–water partition coefficient (Wildman–Crippen LogP) is 1.65. The number of benzene rings is 1. The van der Waals surface area contributed by atoms with Crippen molar-refractivity contribution in [3.05, 3.63) is 39.7 Å². The lowest BCUT2D eigenvalue weighted by molar-refractivity contribution is -0.122. The van der Waals surface area contributed by atoms with Crippen molar-refractivity contribution < 1.29 is 19.1 Å². The van der Waals surface area contributed by atoms with E-state index >= 15 is 0 Å². The molecule has 0 atom stereocenters. The first-order valence-corrected chi connectivity index (χ1v) is 8.67. The topological polar surface area (TPSA) is 92.0 Å². The van der Waals surface area contributed by atoms with E-state index in [9.17, 15) is 14.7 Å². The summed E-state index contributed by atoms with van der Waals surface area (Å²) in [5.41, 5.74) is 1.42. The van der Waals surface area contributed by atoms with Gasteiger partial charge in [-0.15, -0.1) is 0 Å². The van der Waals surface area contributed by atoms with Crippen LogP contribution in [0.15, 0.2) is 27.4 Å². The largest absolute Gasteiger partial charge is 0.508 e. The van der Waals surface area contributed by atoms with Gasteiger partial charge in [0.05, 0.1) is 6.54 Å². The summed E-state index contributed by atoms with van der Waals surface area (Å²) >= 11 is 0. The van der Waals surface area contributed by atoms with Crippen LogP contribution in [0.5, 0.6) is 5.75 Å². The molecule has 1 amide bonds. The Hall–Kier alpha value is -2.38. The number of amides is 1. The van der Waals surface area contributed by atoms with E-state index in [0.29, 0.717) is 31.7 Å². The van der Waals surface area contributed by atoms with E-state index in [1.807, 2.05) is 24.9 Å². The number of carbonyl (C=O) groups is 1. The molecule has 0 saturated carbocycles. The number of hydrogen-bond donors (Lipinski definition) is 2. The molecule has 0 unspecified atom stereocenters. The Labute approximate surface area is 152 Å². The Balaban J connectivity index is 2.11. The Morgan fingerprint density at radius 2 is 2.08 bits per heavy atom. The van der Waals surface area contributed by atoms with E-state index in [-0.39, 0.29) is 18.2 Å². The van der Waals surface area contributed by atoms with E-state index in [2.05, 4.69) is 5.32 Å². The molecule has 1 heterocycles. The van der Waals surface area contributed by atoms with Gasteiger partial charge in [0.25, 0.3) is 0 Å². The highest BCUT2D eigenvalue weighted by molar-refractivity contribution is 5.83. The molecule has 0 radical (unpaired) electrons. The summed E-state index contributed by atoms with van der Waals surface area (Å²) in [5, 5.41) is 13.6. The van der Waals surface area contributed by atoms with Crippen LogP contribution in [0.2, 0.25) is 0 Å². The number of hydrogen-bond acceptors (Lipinski definition) is 6. The summed E-state index contributed by atoms with van der Waals surface area (Å²) in [6, 6.07) is 4.75. The van der Waals surface area contributed by atoms with Crippen molar-refractivity contribution in [2.24, 2.45) is 0 Å². The minimum absolute atomic E-state index is 0.0808. The van der Waals surface area contributed by atoms with Crippen LogP contribution in [-0.4, -0.2) is 49.8 Å². The van der Waals surface area contributed by atoms with Gasteiger partial charge in [-0.3, -0.25) is 9.69 Å². The molecular weight excluding hydrogens is 336 g/mol. The van der Waals surface area contributed by atoms with Crippen LogP contribution in [0.1, 0.15) is 24.5 Å². The second-order valence-corrected chi connectivity index (χ2v) is 6.29. The summed E-state index contributed by atoms with van der Waals surface area (Å²) in [7, 11) is 3.44. The van der Waals surface area contributed by atoms with Crippen LogP contribution in [-0.2, 0) is 22.5 Å². The van der Waals surface area contributed by atoms with Gasteiger partial charge in [-0.05, 0) is 37.1 Å². The highest BCUT2D eigenvalue weighted by atomic mass is 16.5. The first kappa shape index (κ1) is 19.9. The Morgan fingerprint density at radius 1 is 1.31 bits per heavy atom. The molecular formula is C19H26N2O5. The number of fused-ring (bicyclic) bond motifs is 1. The molecule has 1 aromatic heterocycles. The average molecular weight is 362 g/mol. The fourth-order valence-electron chi connectivity index (χ4n) is 2.81. The summed E-state index contributed by atoms with van der Waals surface area (Å²) in [6.45, 7) is 3.75. The molecule has 0 spiro atoms. The highest BCUT2D eigenvalue weighted by Crippen LogP contribution is 2.27. The zero-order valence-corrected chi connectivity index (χ0v) is 15.5. The van der Waals surface area contributed by atoms with Crippen LogP contribution in [0.3, 0.4) is 0 Å². The highest BCUT2D eigenvalue weighted by Gasteiger charge is 2.13. The van der Waals surface area contributed by atoms with Gasteiger partial charge in [0.1, 0.15) is 11.3 Å². The van der Waals surface area contributed by atoms with Crippen molar-refractivity contribution in [2.45, 2.75) is 26.3 Å². The molecule has 26 heavy (non-hydrogen) atoms. The van der Waals surface area contributed by atoms with Crippen LogP contribution >= 0.6 is 0 Å². The third kappa shape index (κ3) is 5.31. The molecule has 2 aromatic rings. The van der Waals surface area contributed by atoms with Crippen molar-refractivity contribution in [2.75, 3.05) is 33.9 Å². The molecule has 0 bridgehead atoms. The van der Waals surface area contributed by atoms with Gasteiger partial charge >= 0.3 is 5.63 Å². The van der Waals surface area contributed by atoms with Gasteiger partial charge in [-0.1, -0.05) is 6.92 Å². The zero-order valence-electron chi connectivity index (χ0n) is 15.5. The molecule has 142 valence electrons. The summed E-state index contributed by atoms with van der Waals surface area (Å²) in [4.78, 5) is 25.6. The lowest BCUT2D eigenvalue weighted by Gasteiger charge is -2.17. The summed E-state index contributed by atoms with van der Waals surface area (Å²) in [5.74, 6) is 0.0341. The molecule has 0 aliphatic heterocycles. The number of nitrogens with zero attached hydrogens (tertiary/aromatic N) is 1. The van der Waals surface area contributed by atoms with Crippen molar-refractivity contribution in [3.8, 4) is 5.75 Å². The predicted molar refractivity (Wildman–Crippen MR) is 99.4 cm³/mol. The van der Waals surface area contributed by atoms with Crippen LogP contribution in [0, 0.1) is 0 Å². The fraction of sp³-hybridized carbons (Fsp3) is 0.474. The monoisotopic (exact) mass is 362 g/mol. The first-order valence-electron chi connectivity index (χ1n) is 8.67. The third-order valence-corrected chi connectivity index (χ3v) is 4.11. The van der Waals surface area contributed by atoms with Gasteiger partial charge in [-0.2, -0.15) is 0 Å². The minimum atomic E-state index is -0.478. The SMILES string of the molecule is CCc1cc2c(CN(C)CC(=O)NCCCOC)cc(=O)oc2cc1O. The lowest BCUT2D eigenvalue weighted by Crippen LogP contribution is -2.35. The molecule has 7 heteroatoms. The van der Waals surface area contributed by atoms with Gasteiger partial charge in [-0.25, -0.2) is 4.79 Å². The Bertz CT molecular complexity index is 815. The van der Waals surface area contributed by atoms with E-state index in [0.717, 1.165) is 22.9 Å². The van der Waals surface area contributed by atoms with E-state index in [1.54, 1.807) is 7.11 Å². The van der Waals surface area contributed by atoms with Crippen LogP contribution in [0.25, 0.3) is 11.0 Å². The van der Waals surface area contributed by atoms with E-state index in [1.165, 1.54) is 12.1 Å². The maximum atomic E-state index is 12.0. The van der Waals surface area contributed by atoms with Gasteiger partial charge < -0.3 is 19.6 Å². The number of aromatic hydroxyl groups is 1. The molecule has 1 aromatic carbocycles. The molecule has 7 nitrogen and oxygen atoms in total. The maximum Gasteiger partial charge on any atom is 0.336 e. The van der Waals surface area contributed by atoms with Crippen LogP contribution < -0.4 is 10.9 Å². The average Bonchev–Trinajstić information content (AvgIpc) is 2.58. The molecule has 0 fully saturated rings. The number of likely N-dealkylation sites (N-methyl/N-ethyl adjacent to an activating group) is 1. The number of nitrogens with one attached hydrogen (secondary N) is 1. The van der Waals surface area contributed by atoms with Crippen molar-refractivity contribution in [3.63, 3.8) is 0 Å². The fourth-order valence-corrected chi connectivity index (χ4v) is 2.81. The molecule has 0 saturated heterocycles. The molecule has 2 N–H and O–H groups in total. The summed E-state index contributed by atoms with van der Waals surface area (Å²) in [6.07, 6.45) is 1.43. The first-order chi connectivity index (χ1) is 12.4. The number of rotatable bonds is 9. The second-order valence-electron chi connectivity index (χ2n) is 6.29. The van der Waals surface area contributed by atoms with Crippen molar-refractivity contribution in [1.82, 2.24) is 10.2 Å². The van der Waals surface area contributed by atoms with Crippen molar-refractivity contribution in [1.29, 1.82) is 0 Å². The summed E-state index contributed by atoms with van der Waals surface area (Å²) < 4.78 is 10.1. The number of ether oxygens (including phenoxy) is 1. The number of phenols is 1. The second kappa shape index (κ2) is 9.35. The molecule has 2 rings (SSSR count). The van der Waals surface area contributed by atoms with Gasteiger partial charge in [0.2, 0.25) is 5.91 Å². The van der Waals surface area contributed by atoms with Gasteiger partial charge in [0.15, 0.2) is 0 Å². The van der Waals surface area contributed by atoms with Gasteiger partial charge in [0, 0.05) is 44.3 Å². The minimum Gasteiger partial charge on any atom is -0.508 e. The number of carbonyl (C=O) groups excluding carboxylic acids is 1. The lowest BCUT2D eigenvalue weighted by atomic mass is 10.0. The normalized spacial score (nSPS) is 11.2. The third-order valence-electron chi connectivity index (χ3n) is 4.11. The molecule has 0 aliphatic rings. The van der Waals surface area contributed by atoms with Crippen molar-refractivity contribution >= 4 is 16.9 Å². The Morgan fingerprint density at radius 3 is 2.77 bits per heavy atom. The standard InChI is InChI=1S/C19H26N2O5/c1-4-13-8-15-14(9-19(24)26-17(15)10-16(13)22)11-21(2)12-18(23)20-6-5-7-25-3/h8-10,22H,4-7,11-12H2,1-3H3,(H,20,23). The van der Waals surface area contributed by atoms with E-state index in [4.69, 9.17) is 9.15 Å². The zero-order chi connectivity index (χ0) is 19.1.